The molecular formula is C12H20IN3O. The fourth-order valence-corrected chi connectivity index (χ4v) is 2.16. The number of carbonyl (C=O) groups excluding carboxylic acids is 1. The molecule has 1 aromatic heterocycles. The highest BCUT2D eigenvalue weighted by molar-refractivity contribution is 5.76. The van der Waals surface area contributed by atoms with Crippen molar-refractivity contribution in [2.75, 3.05) is 13.1 Å². The lowest BCUT2D eigenvalue weighted by Crippen LogP contribution is -3.00. The number of nitrogens with zero attached hydrogens (tertiary/aromatic N) is 3. The van der Waals surface area contributed by atoms with Crippen LogP contribution in [-0.2, 0) is 7.05 Å². The summed E-state index contributed by atoms with van der Waals surface area (Å²) < 4.78 is 3.54. The van der Waals surface area contributed by atoms with Crippen LogP contribution in [0, 0.1) is 11.8 Å². The Balaban J connectivity index is 0.00000144. The normalized spacial score (nSPS) is 24.3. The van der Waals surface area contributed by atoms with Crippen molar-refractivity contribution in [1.29, 1.82) is 0 Å². The zero-order valence-corrected chi connectivity index (χ0v) is 12.8. The molecule has 1 fully saturated rings. The number of hydrogen-bond acceptors (Lipinski definition) is 1. The van der Waals surface area contributed by atoms with Crippen molar-refractivity contribution in [2.24, 2.45) is 18.9 Å². The highest BCUT2D eigenvalue weighted by Gasteiger charge is 2.28. The van der Waals surface area contributed by atoms with Crippen molar-refractivity contribution in [2.45, 2.75) is 20.3 Å². The molecule has 0 bridgehead atoms. The largest absolute Gasteiger partial charge is 1.00 e. The minimum absolute atomic E-state index is 0. The summed E-state index contributed by atoms with van der Waals surface area (Å²) in [5.74, 6) is 1.33. The molecule has 2 heterocycles. The molecule has 0 saturated carbocycles. The van der Waals surface area contributed by atoms with E-state index in [0.29, 0.717) is 5.92 Å². The van der Waals surface area contributed by atoms with Gasteiger partial charge >= 0.3 is 6.03 Å². The van der Waals surface area contributed by atoms with Gasteiger partial charge in [-0.1, -0.05) is 13.8 Å². The number of aromatic nitrogens is 2. The van der Waals surface area contributed by atoms with Gasteiger partial charge in [0, 0.05) is 13.1 Å². The van der Waals surface area contributed by atoms with Crippen LogP contribution in [0.3, 0.4) is 0 Å². The first-order chi connectivity index (χ1) is 7.58. The molecule has 5 heteroatoms. The van der Waals surface area contributed by atoms with E-state index < -0.39 is 0 Å². The third-order valence-electron chi connectivity index (χ3n) is 3.59. The summed E-state index contributed by atoms with van der Waals surface area (Å²) in [6.07, 6.45) is 6.62. The lowest BCUT2D eigenvalue weighted by molar-refractivity contribution is -0.670. The van der Waals surface area contributed by atoms with Gasteiger partial charge in [-0.15, -0.1) is 0 Å². The fourth-order valence-electron chi connectivity index (χ4n) is 2.16. The standard InChI is InChI=1S/C12H20N3O.HI/c1-10-4-5-14(8-11(10)2)12(16)15-7-6-13(3)9-15;/h6-7,9-11H,4-5,8H2,1-3H3;1H/q+1;/p-1. The minimum Gasteiger partial charge on any atom is -1.00 e. The van der Waals surface area contributed by atoms with Crippen LogP contribution in [0.15, 0.2) is 18.7 Å². The van der Waals surface area contributed by atoms with Crippen molar-refractivity contribution >= 4 is 6.03 Å². The minimum atomic E-state index is 0. The summed E-state index contributed by atoms with van der Waals surface area (Å²) in [7, 11) is 1.92. The Morgan fingerprint density at radius 1 is 1.35 bits per heavy atom. The summed E-state index contributed by atoms with van der Waals surface area (Å²) in [6, 6.07) is 0.0966. The lowest BCUT2D eigenvalue weighted by atomic mass is 9.89. The van der Waals surface area contributed by atoms with Crippen LogP contribution in [0.1, 0.15) is 20.3 Å². The number of aryl methyl sites for hydroxylation is 1. The highest BCUT2D eigenvalue weighted by atomic mass is 127. The quantitative estimate of drug-likeness (QED) is 0.404. The van der Waals surface area contributed by atoms with E-state index in [1.807, 2.05) is 35.2 Å². The molecule has 2 rings (SSSR count). The van der Waals surface area contributed by atoms with Crippen LogP contribution in [-0.4, -0.2) is 28.6 Å². The van der Waals surface area contributed by atoms with Crippen LogP contribution < -0.4 is 28.5 Å². The molecule has 0 aromatic carbocycles. The summed E-state index contributed by atoms with van der Waals surface area (Å²) in [6.45, 7) is 6.25. The molecule has 0 radical (unpaired) electrons. The number of carbonyl (C=O) groups is 1. The zero-order chi connectivity index (χ0) is 11.7. The Bertz CT molecular complexity index is 391. The molecule has 2 atom stereocenters. The number of piperidine rings is 1. The van der Waals surface area contributed by atoms with E-state index in [1.54, 1.807) is 4.57 Å². The van der Waals surface area contributed by atoms with E-state index in [1.165, 1.54) is 0 Å². The summed E-state index contributed by atoms with van der Waals surface area (Å²) in [5, 5.41) is 0. The molecule has 1 amide bonds. The average Bonchev–Trinajstić information content (AvgIpc) is 2.68. The number of amides is 1. The first kappa shape index (κ1) is 14.5. The van der Waals surface area contributed by atoms with Gasteiger partial charge in [0.25, 0.3) is 6.33 Å². The van der Waals surface area contributed by atoms with Gasteiger partial charge in [0.2, 0.25) is 0 Å². The molecular weight excluding hydrogens is 329 g/mol. The molecule has 0 spiro atoms. The molecule has 1 saturated heterocycles. The maximum Gasteiger partial charge on any atom is 0.415 e. The molecule has 2 unspecified atom stereocenters. The summed E-state index contributed by atoms with van der Waals surface area (Å²) in [5.41, 5.74) is 0. The van der Waals surface area contributed by atoms with Crippen LogP contribution in [0.25, 0.3) is 0 Å². The molecule has 1 aromatic rings. The Hall–Kier alpha value is -0.590. The first-order valence-electron chi connectivity index (χ1n) is 5.90. The highest BCUT2D eigenvalue weighted by Crippen LogP contribution is 2.22. The van der Waals surface area contributed by atoms with Crippen molar-refractivity contribution in [1.82, 2.24) is 9.47 Å². The number of likely N-dealkylation sites (tertiary alicyclic amines) is 1. The number of hydrogen-bond donors (Lipinski definition) is 0. The van der Waals surface area contributed by atoms with Gasteiger partial charge < -0.3 is 28.9 Å². The van der Waals surface area contributed by atoms with Gasteiger partial charge in [-0.25, -0.2) is 9.36 Å². The van der Waals surface area contributed by atoms with Crippen molar-refractivity contribution in [3.05, 3.63) is 18.7 Å². The van der Waals surface area contributed by atoms with Crippen LogP contribution in [0.4, 0.5) is 4.79 Å². The van der Waals surface area contributed by atoms with E-state index >= 15 is 0 Å². The van der Waals surface area contributed by atoms with Gasteiger partial charge in [-0.3, -0.25) is 0 Å². The second kappa shape index (κ2) is 5.84. The number of halogens is 1. The third kappa shape index (κ3) is 3.20. The van der Waals surface area contributed by atoms with E-state index in [4.69, 9.17) is 0 Å². The molecule has 0 aliphatic carbocycles. The van der Waals surface area contributed by atoms with Crippen molar-refractivity contribution in [3.8, 4) is 0 Å². The maximum atomic E-state index is 12.1. The zero-order valence-electron chi connectivity index (χ0n) is 10.6. The molecule has 17 heavy (non-hydrogen) atoms. The monoisotopic (exact) mass is 349 g/mol. The summed E-state index contributed by atoms with van der Waals surface area (Å²) >= 11 is 0. The molecule has 1 aliphatic rings. The van der Waals surface area contributed by atoms with E-state index in [-0.39, 0.29) is 30.0 Å². The van der Waals surface area contributed by atoms with Gasteiger partial charge in [-0.2, -0.15) is 4.57 Å². The molecule has 0 N–H and O–H groups in total. The van der Waals surface area contributed by atoms with E-state index in [2.05, 4.69) is 13.8 Å². The Morgan fingerprint density at radius 2 is 2.06 bits per heavy atom. The second-order valence-corrected chi connectivity index (χ2v) is 4.96. The maximum absolute atomic E-state index is 12.1. The second-order valence-electron chi connectivity index (χ2n) is 4.96. The predicted molar refractivity (Wildman–Crippen MR) is 60.9 cm³/mol. The average molecular weight is 349 g/mol. The van der Waals surface area contributed by atoms with Crippen LogP contribution >= 0.6 is 0 Å². The Morgan fingerprint density at radius 3 is 2.59 bits per heavy atom. The van der Waals surface area contributed by atoms with Crippen LogP contribution in [0.5, 0.6) is 0 Å². The lowest BCUT2D eigenvalue weighted by Gasteiger charge is -2.33. The Kier molecular flexibility index (Phi) is 4.97. The van der Waals surface area contributed by atoms with Gasteiger partial charge in [0.15, 0.2) is 0 Å². The van der Waals surface area contributed by atoms with Gasteiger partial charge in [0.05, 0.1) is 7.05 Å². The third-order valence-corrected chi connectivity index (χ3v) is 3.59. The number of imidazole rings is 1. The molecule has 1 aliphatic heterocycles. The van der Waals surface area contributed by atoms with Crippen molar-refractivity contribution < 1.29 is 33.3 Å². The van der Waals surface area contributed by atoms with E-state index in [0.717, 1.165) is 25.4 Å². The number of rotatable bonds is 0. The van der Waals surface area contributed by atoms with Crippen molar-refractivity contribution in [3.63, 3.8) is 0 Å². The topological polar surface area (TPSA) is 29.1 Å². The molecule has 96 valence electrons. The van der Waals surface area contributed by atoms with Gasteiger partial charge in [-0.05, 0) is 18.3 Å². The first-order valence-corrected chi connectivity index (χ1v) is 5.90. The van der Waals surface area contributed by atoms with E-state index in [9.17, 15) is 4.79 Å². The molecule has 4 nitrogen and oxygen atoms in total. The smallest absolute Gasteiger partial charge is 0.415 e. The summed E-state index contributed by atoms with van der Waals surface area (Å²) in [4.78, 5) is 14.1. The predicted octanol–water partition coefficient (Wildman–Crippen LogP) is -1.74. The SMILES string of the molecule is CC1CCN(C(=O)n2cc[n+](C)c2)CC1C.[I-]. The fraction of sp³-hybridized carbons (Fsp3) is 0.667. The Labute approximate surface area is 120 Å². The van der Waals surface area contributed by atoms with Crippen LogP contribution in [0.2, 0.25) is 0 Å². The van der Waals surface area contributed by atoms with Gasteiger partial charge in [0.1, 0.15) is 12.4 Å².